The number of ether oxygens (including phenoxy) is 1. The molecule has 2 radical (unpaired) electrons. The van der Waals surface area contributed by atoms with Gasteiger partial charge in [0.1, 0.15) is 6.61 Å². The maximum Gasteiger partial charge on any atom is 0.377 e. The van der Waals surface area contributed by atoms with Crippen LogP contribution in [-0.2, 0) is 38.3 Å². The number of amides is 1. The Kier molecular flexibility index (Phi) is 7.15. The summed E-state index contributed by atoms with van der Waals surface area (Å²) in [7, 11) is 0. The molecule has 22 heavy (non-hydrogen) atoms. The Labute approximate surface area is 151 Å². The van der Waals surface area contributed by atoms with Crippen molar-refractivity contribution in [2.24, 2.45) is 0 Å². The third kappa shape index (κ3) is 3.55. The fraction of sp³-hybridized carbons (Fsp3) is 0.176. The molecule has 0 saturated heterocycles. The summed E-state index contributed by atoms with van der Waals surface area (Å²) in [6.07, 6.45) is -0.408. The van der Waals surface area contributed by atoms with Gasteiger partial charge in [-0.3, -0.25) is 0 Å². The van der Waals surface area contributed by atoms with E-state index in [0.29, 0.717) is 6.61 Å². The van der Waals surface area contributed by atoms with Gasteiger partial charge in [0, 0.05) is 39.5 Å². The van der Waals surface area contributed by atoms with E-state index >= 15 is 0 Å². The number of benzene rings is 2. The Hall–Kier alpha value is -1.28. The van der Waals surface area contributed by atoms with Crippen LogP contribution in [0.4, 0.5) is 4.79 Å². The van der Waals surface area contributed by atoms with Crippen molar-refractivity contribution < 1.29 is 43.1 Å². The standard InChI is InChI=1S/C17H16NO2.2Co/c1-2-18-17(19)20-11-16-14-9-5-3-7-12(14)13-8-4-6-10-15(13)16;;/h2-10,16H,11H2,1H3,(H,18,19);;/q-1;;. The Morgan fingerprint density at radius 1 is 1.05 bits per heavy atom. The zero-order valence-corrected chi connectivity index (χ0v) is 14.0. The zero-order valence-electron chi connectivity index (χ0n) is 12.0. The molecule has 0 aliphatic heterocycles. The van der Waals surface area contributed by atoms with E-state index < -0.39 is 6.09 Å². The van der Waals surface area contributed by atoms with Crippen molar-refractivity contribution in [3.63, 3.8) is 0 Å². The molecule has 1 aliphatic rings. The van der Waals surface area contributed by atoms with Crippen molar-refractivity contribution >= 4 is 6.09 Å². The summed E-state index contributed by atoms with van der Waals surface area (Å²) in [6.45, 7) is 3.67. The van der Waals surface area contributed by atoms with Crippen molar-refractivity contribution in [2.75, 3.05) is 6.61 Å². The van der Waals surface area contributed by atoms with Crippen LogP contribution in [0.5, 0.6) is 0 Å². The number of alkyl carbamates (subject to hydrolysis) is 1. The Morgan fingerprint density at radius 2 is 1.55 bits per heavy atom. The summed E-state index contributed by atoms with van der Waals surface area (Å²) < 4.78 is 5.30. The maximum absolute atomic E-state index is 11.5. The second-order valence-corrected chi connectivity index (χ2v) is 4.76. The van der Waals surface area contributed by atoms with E-state index in [0.717, 1.165) is 0 Å². The molecule has 2 aromatic carbocycles. The SMILES string of the molecule is C[CH-]NC(=O)OCC1c2ccccc2-c2ccccc21.[Co].[Co]. The normalized spacial score (nSPS) is 11.5. The van der Waals surface area contributed by atoms with Crippen LogP contribution in [-0.4, -0.2) is 12.7 Å². The molecule has 0 saturated carbocycles. The van der Waals surface area contributed by atoms with Gasteiger partial charge in [0.05, 0.1) is 0 Å². The van der Waals surface area contributed by atoms with Crippen LogP contribution in [0.15, 0.2) is 48.5 Å². The summed E-state index contributed by atoms with van der Waals surface area (Å²) in [5.41, 5.74) is 4.92. The molecule has 0 fully saturated rings. The second kappa shape index (κ2) is 8.38. The molecule has 3 nitrogen and oxygen atoms in total. The quantitative estimate of drug-likeness (QED) is 0.820. The van der Waals surface area contributed by atoms with Crippen molar-refractivity contribution in [1.29, 1.82) is 0 Å². The first kappa shape index (κ1) is 18.8. The van der Waals surface area contributed by atoms with Crippen LogP contribution >= 0.6 is 0 Å². The fourth-order valence-corrected chi connectivity index (χ4v) is 2.76. The van der Waals surface area contributed by atoms with E-state index in [1.54, 1.807) is 13.5 Å². The van der Waals surface area contributed by atoms with Crippen molar-refractivity contribution in [1.82, 2.24) is 5.32 Å². The van der Waals surface area contributed by atoms with E-state index in [-0.39, 0.29) is 39.5 Å². The van der Waals surface area contributed by atoms with E-state index in [4.69, 9.17) is 4.74 Å². The van der Waals surface area contributed by atoms with Crippen LogP contribution in [0.1, 0.15) is 24.0 Å². The number of nitrogens with one attached hydrogen (secondary N) is 1. The largest absolute Gasteiger partial charge is 0.471 e. The zero-order chi connectivity index (χ0) is 13.9. The van der Waals surface area contributed by atoms with Gasteiger partial charge in [-0.05, 0) is 22.3 Å². The van der Waals surface area contributed by atoms with Crippen molar-refractivity contribution in [3.05, 3.63) is 66.2 Å². The van der Waals surface area contributed by atoms with Gasteiger partial charge >= 0.3 is 6.09 Å². The number of hydrogen-bond donors (Lipinski definition) is 1. The third-order valence-corrected chi connectivity index (χ3v) is 3.61. The molecule has 0 unspecified atom stereocenters. The molecule has 2 aromatic rings. The van der Waals surface area contributed by atoms with E-state index in [1.807, 2.05) is 24.3 Å². The molecular formula is C17H16Co2NO2-. The first-order valence-corrected chi connectivity index (χ1v) is 6.70. The molecule has 3 rings (SSSR count). The van der Waals surface area contributed by atoms with E-state index in [1.165, 1.54) is 22.3 Å². The molecule has 5 heteroatoms. The minimum absolute atomic E-state index is 0. The first-order valence-electron chi connectivity index (χ1n) is 6.70. The molecule has 0 bridgehead atoms. The van der Waals surface area contributed by atoms with E-state index in [9.17, 15) is 4.79 Å². The van der Waals surface area contributed by atoms with Gasteiger partial charge < -0.3 is 10.1 Å². The summed E-state index contributed by atoms with van der Waals surface area (Å²) in [6, 6.07) is 16.6. The number of hydrogen-bond acceptors (Lipinski definition) is 2. The summed E-state index contributed by atoms with van der Waals surface area (Å²) in [5, 5.41) is 2.53. The van der Waals surface area contributed by atoms with Gasteiger partial charge in [0.2, 0.25) is 0 Å². The molecule has 0 heterocycles. The molecular weight excluding hydrogens is 368 g/mol. The van der Waals surface area contributed by atoms with Crippen LogP contribution in [0.2, 0.25) is 0 Å². The molecule has 0 spiro atoms. The molecule has 1 aliphatic carbocycles. The van der Waals surface area contributed by atoms with Gasteiger partial charge in [-0.25, -0.2) is 11.3 Å². The van der Waals surface area contributed by atoms with Gasteiger partial charge in [-0.1, -0.05) is 48.5 Å². The molecule has 0 aromatic heterocycles. The molecule has 0 atom stereocenters. The summed E-state index contributed by atoms with van der Waals surface area (Å²) in [5.74, 6) is 0.116. The van der Waals surface area contributed by atoms with Gasteiger partial charge in [0.15, 0.2) is 0 Å². The smallest absolute Gasteiger partial charge is 0.377 e. The third-order valence-electron chi connectivity index (χ3n) is 3.61. The Morgan fingerprint density at radius 3 is 2.05 bits per heavy atom. The van der Waals surface area contributed by atoms with Crippen LogP contribution < -0.4 is 5.32 Å². The van der Waals surface area contributed by atoms with E-state index in [2.05, 4.69) is 29.6 Å². The average molecular weight is 384 g/mol. The molecule has 1 amide bonds. The molecule has 120 valence electrons. The van der Waals surface area contributed by atoms with Crippen LogP contribution in [0, 0.1) is 6.54 Å². The topological polar surface area (TPSA) is 38.3 Å². The van der Waals surface area contributed by atoms with Gasteiger partial charge in [0.25, 0.3) is 0 Å². The maximum atomic E-state index is 11.5. The first-order chi connectivity index (χ1) is 9.81. The average Bonchev–Trinajstić information content (AvgIpc) is 2.80. The van der Waals surface area contributed by atoms with Gasteiger partial charge in [-0.15, -0.1) is 0 Å². The number of rotatable bonds is 3. The predicted molar refractivity (Wildman–Crippen MR) is 78.2 cm³/mol. The van der Waals surface area contributed by atoms with Crippen LogP contribution in [0.25, 0.3) is 11.1 Å². The van der Waals surface area contributed by atoms with Gasteiger partial charge in [-0.2, -0.15) is 6.92 Å². The Balaban J connectivity index is 0.00000121. The minimum atomic E-state index is -0.408. The summed E-state index contributed by atoms with van der Waals surface area (Å²) >= 11 is 0. The van der Waals surface area contributed by atoms with Crippen LogP contribution in [0.3, 0.4) is 0 Å². The minimum Gasteiger partial charge on any atom is -0.471 e. The van der Waals surface area contributed by atoms with Crippen molar-refractivity contribution in [2.45, 2.75) is 12.8 Å². The fourth-order valence-electron chi connectivity index (χ4n) is 2.76. The van der Waals surface area contributed by atoms with Crippen molar-refractivity contribution in [3.8, 4) is 11.1 Å². The monoisotopic (exact) mass is 384 g/mol. The second-order valence-electron chi connectivity index (χ2n) is 4.76. The predicted octanol–water partition coefficient (Wildman–Crippen LogP) is 3.70. The summed E-state index contributed by atoms with van der Waals surface area (Å²) in [4.78, 5) is 11.5. The number of fused-ring (bicyclic) bond motifs is 3. The number of carbonyl (C=O) groups excluding carboxylic acids is 1. The molecule has 1 N–H and O–H groups in total. The number of carbonyl (C=O) groups is 1. The Bertz CT molecular complexity index is 601.